The highest BCUT2D eigenvalue weighted by atomic mass is 32.1. The van der Waals surface area contributed by atoms with Gasteiger partial charge in [-0.05, 0) is 36.7 Å². The first-order valence-corrected chi connectivity index (χ1v) is 8.41. The van der Waals surface area contributed by atoms with E-state index >= 15 is 0 Å². The molecule has 0 unspecified atom stereocenters. The third-order valence-electron chi connectivity index (χ3n) is 4.33. The molecule has 0 radical (unpaired) electrons. The van der Waals surface area contributed by atoms with Crippen LogP contribution in [0.4, 0.5) is 13.2 Å². The molecule has 2 atom stereocenters. The van der Waals surface area contributed by atoms with Crippen LogP contribution in [-0.2, 0) is 18.0 Å². The van der Waals surface area contributed by atoms with Crippen molar-refractivity contribution < 1.29 is 17.9 Å². The van der Waals surface area contributed by atoms with E-state index in [1.807, 2.05) is 6.92 Å². The summed E-state index contributed by atoms with van der Waals surface area (Å²) in [6.07, 6.45) is -4.91. The van der Waals surface area contributed by atoms with Crippen LogP contribution in [0.25, 0.3) is 15.8 Å². The molecule has 1 saturated heterocycles. The number of aromatic nitrogens is 3. The van der Waals surface area contributed by atoms with Gasteiger partial charge in [-0.1, -0.05) is 0 Å². The summed E-state index contributed by atoms with van der Waals surface area (Å²) in [7, 11) is 0.983. The number of halogens is 3. The van der Waals surface area contributed by atoms with Gasteiger partial charge in [-0.25, -0.2) is 9.36 Å². The largest absolute Gasteiger partial charge is 0.431 e. The normalized spacial score (nSPS) is 19.9. The molecule has 10 heteroatoms. The molecule has 26 heavy (non-hydrogen) atoms. The number of hydrogen-bond acceptors (Lipinski definition) is 5. The molecule has 1 aliphatic rings. The topological polar surface area (TPSA) is 69.4 Å². The highest BCUT2D eigenvalue weighted by Crippen LogP contribution is 2.42. The van der Waals surface area contributed by atoms with Crippen LogP contribution in [-0.4, -0.2) is 19.6 Å². The third-order valence-corrected chi connectivity index (χ3v) is 5.17. The summed E-state index contributed by atoms with van der Waals surface area (Å²) in [5.74, 6) is 0. The van der Waals surface area contributed by atoms with Crippen LogP contribution >= 0.6 is 11.5 Å². The molecule has 1 fully saturated rings. The van der Waals surface area contributed by atoms with E-state index in [9.17, 15) is 22.8 Å². The monoisotopic (exact) mass is 383 g/mol. The van der Waals surface area contributed by atoms with Crippen molar-refractivity contribution in [1.82, 2.24) is 13.5 Å². The summed E-state index contributed by atoms with van der Waals surface area (Å²) in [5.41, 5.74) is -2.50. The Morgan fingerprint density at radius 1 is 1.23 bits per heavy atom. The van der Waals surface area contributed by atoms with Crippen LogP contribution in [0, 0.1) is 0 Å². The lowest BCUT2D eigenvalue weighted by Crippen LogP contribution is -2.40. The summed E-state index contributed by atoms with van der Waals surface area (Å²) >= 11 is 1.26. The second kappa shape index (κ2) is 5.52. The molecule has 0 spiro atoms. The minimum absolute atomic E-state index is 0.0330. The van der Waals surface area contributed by atoms with Gasteiger partial charge in [0.05, 0.1) is 22.2 Å². The molecule has 0 N–H and O–H groups in total. The molecule has 0 aliphatic carbocycles. The molecule has 6 nitrogen and oxygen atoms in total. The fourth-order valence-electron chi connectivity index (χ4n) is 2.90. The maximum absolute atomic E-state index is 13.0. The number of alkyl halides is 3. The van der Waals surface area contributed by atoms with Gasteiger partial charge < -0.3 is 4.74 Å². The highest BCUT2D eigenvalue weighted by molar-refractivity contribution is 7.13. The van der Waals surface area contributed by atoms with Gasteiger partial charge in [-0.15, -0.1) is 0 Å². The zero-order chi connectivity index (χ0) is 18.8. The van der Waals surface area contributed by atoms with E-state index < -0.39 is 23.1 Å². The Hall–Kier alpha value is -2.46. The number of fused-ring (bicyclic) bond motifs is 1. The van der Waals surface area contributed by atoms with Crippen LogP contribution in [0.1, 0.15) is 24.4 Å². The van der Waals surface area contributed by atoms with Gasteiger partial charge >= 0.3 is 11.9 Å². The van der Waals surface area contributed by atoms with Crippen molar-refractivity contribution in [2.75, 3.05) is 0 Å². The van der Waals surface area contributed by atoms with Crippen molar-refractivity contribution in [3.05, 3.63) is 56.5 Å². The number of rotatable bonds is 2. The van der Waals surface area contributed by atoms with E-state index in [1.54, 1.807) is 12.1 Å². The maximum Gasteiger partial charge on any atom is 0.431 e. The minimum atomic E-state index is -4.79. The average molecular weight is 383 g/mol. The second-order valence-electron chi connectivity index (χ2n) is 6.05. The van der Waals surface area contributed by atoms with E-state index in [0.717, 1.165) is 17.1 Å². The van der Waals surface area contributed by atoms with Gasteiger partial charge in [0.25, 0.3) is 5.56 Å². The van der Waals surface area contributed by atoms with E-state index in [4.69, 9.17) is 4.74 Å². The number of benzene rings is 1. The number of hydrogen-bond donors (Lipinski definition) is 0. The van der Waals surface area contributed by atoms with E-state index in [2.05, 4.69) is 4.37 Å². The number of ether oxygens (including phenoxy) is 1. The Morgan fingerprint density at radius 3 is 2.54 bits per heavy atom. The van der Waals surface area contributed by atoms with Crippen molar-refractivity contribution in [3.8, 4) is 5.69 Å². The molecule has 0 amide bonds. The van der Waals surface area contributed by atoms with Gasteiger partial charge in [0.1, 0.15) is 11.8 Å². The standard InChI is InChI=1S/C16H12F3N3O3S/c1-7-14(25-7)13-9-5-8(3-4-10(9)26-20-13)22-12(23)6-11(16(17,18)19)21(2)15(22)24/h3-7,14H,1-2H3/t7-,14+/m1/s1. The molecule has 2 aromatic heterocycles. The highest BCUT2D eigenvalue weighted by Gasteiger charge is 2.39. The van der Waals surface area contributed by atoms with Gasteiger partial charge in [0, 0.05) is 18.5 Å². The van der Waals surface area contributed by atoms with Gasteiger partial charge in [0.2, 0.25) is 0 Å². The first-order chi connectivity index (χ1) is 12.2. The lowest BCUT2D eigenvalue weighted by molar-refractivity contribution is -0.144. The fraction of sp³-hybridized carbons (Fsp3) is 0.312. The van der Waals surface area contributed by atoms with E-state index in [1.165, 1.54) is 17.6 Å². The van der Waals surface area contributed by atoms with Crippen LogP contribution in [0.3, 0.4) is 0 Å². The summed E-state index contributed by atoms with van der Waals surface area (Å²) in [4.78, 5) is 24.6. The molecule has 1 aromatic carbocycles. The molecular formula is C16H12F3N3O3S. The molecule has 136 valence electrons. The molecule has 0 bridgehead atoms. The second-order valence-corrected chi connectivity index (χ2v) is 6.86. The summed E-state index contributed by atoms with van der Waals surface area (Å²) < 4.78 is 50.6. The molecule has 1 aliphatic heterocycles. The Morgan fingerprint density at radius 2 is 1.92 bits per heavy atom. The maximum atomic E-state index is 13.0. The van der Waals surface area contributed by atoms with Crippen LogP contribution in [0.2, 0.25) is 0 Å². The number of nitrogens with zero attached hydrogens (tertiary/aromatic N) is 3. The minimum Gasteiger partial charge on any atom is -0.363 e. The van der Waals surface area contributed by atoms with Crippen molar-refractivity contribution in [1.29, 1.82) is 0 Å². The van der Waals surface area contributed by atoms with Crippen LogP contribution < -0.4 is 11.2 Å². The van der Waals surface area contributed by atoms with Gasteiger partial charge in [-0.3, -0.25) is 9.36 Å². The molecule has 3 heterocycles. The summed E-state index contributed by atoms with van der Waals surface area (Å²) in [5, 5.41) is 0.718. The van der Waals surface area contributed by atoms with Crippen molar-refractivity contribution >= 4 is 21.6 Å². The lowest BCUT2D eigenvalue weighted by atomic mass is 10.1. The predicted molar refractivity (Wildman–Crippen MR) is 88.7 cm³/mol. The lowest BCUT2D eigenvalue weighted by Gasteiger charge is -2.14. The van der Waals surface area contributed by atoms with Crippen molar-refractivity contribution in [2.24, 2.45) is 7.05 Å². The fourth-order valence-corrected chi connectivity index (χ4v) is 3.69. The van der Waals surface area contributed by atoms with Gasteiger partial charge in [0.15, 0.2) is 0 Å². The molecule has 3 aromatic rings. The first-order valence-electron chi connectivity index (χ1n) is 7.64. The Kier molecular flexibility index (Phi) is 3.60. The average Bonchev–Trinajstić information content (AvgIpc) is 3.13. The summed E-state index contributed by atoms with van der Waals surface area (Å²) in [6, 6.07) is 5.20. The van der Waals surface area contributed by atoms with E-state index in [-0.39, 0.29) is 17.9 Å². The van der Waals surface area contributed by atoms with Crippen LogP contribution in [0.5, 0.6) is 0 Å². The number of epoxide rings is 1. The molecule has 0 saturated carbocycles. The smallest absolute Gasteiger partial charge is 0.363 e. The van der Waals surface area contributed by atoms with Gasteiger partial charge in [-0.2, -0.15) is 17.5 Å². The zero-order valence-electron chi connectivity index (χ0n) is 13.6. The molecule has 4 rings (SSSR count). The zero-order valence-corrected chi connectivity index (χ0v) is 14.4. The molecular weight excluding hydrogens is 371 g/mol. The Labute approximate surface area is 148 Å². The summed E-state index contributed by atoms with van der Waals surface area (Å²) in [6.45, 7) is 1.90. The van der Waals surface area contributed by atoms with Crippen LogP contribution in [0.15, 0.2) is 33.9 Å². The Bertz CT molecular complexity index is 1150. The van der Waals surface area contributed by atoms with Crippen molar-refractivity contribution in [2.45, 2.75) is 25.3 Å². The first kappa shape index (κ1) is 17.0. The van der Waals surface area contributed by atoms with E-state index in [0.29, 0.717) is 20.9 Å². The Balaban J connectivity index is 1.92. The van der Waals surface area contributed by atoms with Crippen molar-refractivity contribution in [3.63, 3.8) is 0 Å². The quantitative estimate of drug-likeness (QED) is 0.638. The third kappa shape index (κ3) is 2.56. The predicted octanol–water partition coefficient (Wildman–Crippen LogP) is 2.62. The SMILES string of the molecule is C[C@H]1O[C@@H]1c1nsc2ccc(-n3c(=O)cc(C(F)(F)F)n(C)c3=O)cc12.